The van der Waals surface area contributed by atoms with Crippen molar-refractivity contribution in [3.05, 3.63) is 70.6 Å². The summed E-state index contributed by atoms with van der Waals surface area (Å²) in [5, 5.41) is 8.05. The van der Waals surface area contributed by atoms with Crippen LogP contribution in [0.15, 0.2) is 60.0 Å². The van der Waals surface area contributed by atoms with E-state index >= 15 is 0 Å². The molecule has 2 aromatic heterocycles. The lowest BCUT2D eigenvalue weighted by molar-refractivity contribution is 0.884. The van der Waals surface area contributed by atoms with Gasteiger partial charge < -0.3 is 5.73 Å². The van der Waals surface area contributed by atoms with Crippen molar-refractivity contribution in [1.82, 2.24) is 14.8 Å². The van der Waals surface area contributed by atoms with Crippen LogP contribution in [0.1, 0.15) is 5.56 Å². The normalized spacial score (nSPS) is 11.0. The minimum absolute atomic E-state index is 0.551. The van der Waals surface area contributed by atoms with Crippen LogP contribution in [0.2, 0.25) is 5.02 Å². The number of nitrogens with zero attached hydrogens (tertiary/aromatic N) is 3. The second-order valence-corrected chi connectivity index (χ2v) is 7.03. The summed E-state index contributed by atoms with van der Waals surface area (Å²) >= 11 is 7.46. The fourth-order valence-electron chi connectivity index (χ4n) is 2.53. The van der Waals surface area contributed by atoms with Crippen LogP contribution in [0.3, 0.4) is 0 Å². The summed E-state index contributed by atoms with van der Waals surface area (Å²) in [5.41, 5.74) is 11.1. The van der Waals surface area contributed by atoms with Crippen LogP contribution >= 0.6 is 22.9 Å². The average Bonchev–Trinajstić information content (AvgIpc) is 3.23. The Kier molecular flexibility index (Phi) is 4.03. The first-order valence-electron chi connectivity index (χ1n) is 7.74. The molecule has 0 aliphatic carbocycles. The van der Waals surface area contributed by atoms with Gasteiger partial charge in [0.1, 0.15) is 5.82 Å². The molecule has 0 spiro atoms. The van der Waals surface area contributed by atoms with Gasteiger partial charge in [-0.3, -0.25) is 0 Å². The number of hydrogen-bond acceptors (Lipinski definition) is 4. The largest absolute Gasteiger partial charge is 0.383 e. The number of anilines is 1. The maximum atomic E-state index is 6.15. The predicted molar refractivity (Wildman–Crippen MR) is 104 cm³/mol. The Balaban J connectivity index is 1.69. The lowest BCUT2D eigenvalue weighted by atomic mass is 10.1. The molecule has 0 radical (unpaired) electrons. The highest BCUT2D eigenvalue weighted by atomic mass is 35.5. The molecule has 4 nitrogen and oxygen atoms in total. The Morgan fingerprint density at radius 2 is 1.60 bits per heavy atom. The van der Waals surface area contributed by atoms with Crippen molar-refractivity contribution in [3.8, 4) is 27.6 Å². The Morgan fingerprint density at radius 3 is 2.32 bits per heavy atom. The van der Waals surface area contributed by atoms with Crippen LogP contribution in [-0.4, -0.2) is 14.8 Å². The van der Waals surface area contributed by atoms with Crippen LogP contribution in [0, 0.1) is 6.92 Å². The lowest BCUT2D eigenvalue weighted by Crippen LogP contribution is -2.01. The number of benzene rings is 2. The predicted octanol–water partition coefficient (Wildman–Crippen LogP) is 5.21. The number of thiazole rings is 1. The Morgan fingerprint density at radius 1 is 0.960 bits per heavy atom. The number of aryl methyl sites for hydroxylation is 1. The highest BCUT2D eigenvalue weighted by Gasteiger charge is 2.13. The van der Waals surface area contributed by atoms with E-state index in [9.17, 15) is 0 Å². The topological polar surface area (TPSA) is 56.7 Å². The third-order valence-corrected chi connectivity index (χ3v) is 4.97. The maximum Gasteiger partial charge on any atom is 0.212 e. The fourth-order valence-corrected chi connectivity index (χ4v) is 3.46. The van der Waals surface area contributed by atoms with Crippen LogP contribution in [0.25, 0.3) is 27.6 Å². The van der Waals surface area contributed by atoms with Gasteiger partial charge in [0.05, 0.1) is 11.4 Å². The minimum atomic E-state index is 0.551. The first-order chi connectivity index (χ1) is 12.1. The third-order valence-electron chi connectivity index (χ3n) is 3.90. The molecule has 0 atom stereocenters. The van der Waals surface area contributed by atoms with Gasteiger partial charge in [0.25, 0.3) is 0 Å². The molecule has 2 heterocycles. The molecule has 4 rings (SSSR count). The molecular formula is C19H15ClN4S. The molecule has 0 saturated carbocycles. The molecular weight excluding hydrogens is 352 g/mol. The van der Waals surface area contributed by atoms with E-state index in [-0.39, 0.29) is 0 Å². The molecule has 0 saturated heterocycles. The summed E-state index contributed by atoms with van der Waals surface area (Å²) in [6.45, 7) is 2.07. The molecule has 25 heavy (non-hydrogen) atoms. The number of aromatic nitrogens is 3. The zero-order valence-electron chi connectivity index (χ0n) is 13.5. The molecule has 0 aliphatic heterocycles. The number of halogens is 1. The van der Waals surface area contributed by atoms with Crippen LogP contribution in [-0.2, 0) is 0 Å². The summed E-state index contributed by atoms with van der Waals surface area (Å²) in [6, 6.07) is 17.7. The van der Waals surface area contributed by atoms with Gasteiger partial charge in [0.15, 0.2) is 0 Å². The van der Waals surface area contributed by atoms with Crippen LogP contribution in [0.4, 0.5) is 5.82 Å². The zero-order chi connectivity index (χ0) is 17.4. The van der Waals surface area contributed by atoms with Crippen LogP contribution < -0.4 is 5.73 Å². The Hall–Kier alpha value is -2.63. The summed E-state index contributed by atoms with van der Waals surface area (Å²) in [4.78, 5) is 4.68. The van der Waals surface area contributed by atoms with E-state index in [1.807, 2.05) is 35.7 Å². The standard InChI is InChI=1S/C19H15ClN4S/c1-12-2-4-14(5-3-12)17-11-25-19(22-17)24-18(21)10-16(23-24)13-6-8-15(20)9-7-13/h2-11H,21H2,1H3. The van der Waals surface area contributed by atoms with Gasteiger partial charge in [-0.05, 0) is 19.1 Å². The van der Waals surface area contributed by atoms with Gasteiger partial charge in [-0.15, -0.1) is 11.3 Å². The smallest absolute Gasteiger partial charge is 0.212 e. The van der Waals surface area contributed by atoms with Gasteiger partial charge in [-0.2, -0.15) is 9.78 Å². The third kappa shape index (κ3) is 3.16. The summed E-state index contributed by atoms with van der Waals surface area (Å²) < 4.78 is 1.67. The van der Waals surface area contributed by atoms with E-state index in [0.29, 0.717) is 10.8 Å². The number of nitrogens with two attached hydrogens (primary N) is 1. The minimum Gasteiger partial charge on any atom is -0.383 e. The van der Waals surface area contributed by atoms with Crippen molar-refractivity contribution >= 4 is 28.8 Å². The lowest BCUT2D eigenvalue weighted by Gasteiger charge is -1.99. The molecule has 124 valence electrons. The zero-order valence-corrected chi connectivity index (χ0v) is 15.1. The van der Waals surface area contributed by atoms with E-state index in [1.54, 1.807) is 4.68 Å². The quantitative estimate of drug-likeness (QED) is 0.541. The van der Waals surface area contributed by atoms with E-state index in [0.717, 1.165) is 27.6 Å². The molecule has 2 aromatic carbocycles. The molecule has 4 aromatic rings. The fraction of sp³-hybridized carbons (Fsp3) is 0.0526. The van der Waals surface area contributed by atoms with Gasteiger partial charge in [0.2, 0.25) is 5.13 Å². The molecule has 0 amide bonds. The van der Waals surface area contributed by atoms with Gasteiger partial charge in [0, 0.05) is 27.6 Å². The van der Waals surface area contributed by atoms with E-state index in [4.69, 9.17) is 17.3 Å². The number of hydrogen-bond donors (Lipinski definition) is 1. The van der Waals surface area contributed by atoms with Gasteiger partial charge >= 0.3 is 0 Å². The van der Waals surface area contributed by atoms with E-state index in [1.165, 1.54) is 16.9 Å². The average molecular weight is 367 g/mol. The van der Waals surface area contributed by atoms with Crippen molar-refractivity contribution in [3.63, 3.8) is 0 Å². The first-order valence-corrected chi connectivity index (χ1v) is 9.00. The summed E-state index contributed by atoms with van der Waals surface area (Å²) in [6.07, 6.45) is 0. The first kappa shape index (κ1) is 15.9. The monoisotopic (exact) mass is 366 g/mol. The van der Waals surface area contributed by atoms with Gasteiger partial charge in [-0.1, -0.05) is 53.6 Å². The molecule has 0 unspecified atom stereocenters. The Bertz CT molecular complexity index is 1020. The van der Waals surface area contributed by atoms with Crippen molar-refractivity contribution < 1.29 is 0 Å². The van der Waals surface area contributed by atoms with Crippen molar-refractivity contribution in [2.45, 2.75) is 6.92 Å². The SMILES string of the molecule is Cc1ccc(-c2csc(-n3nc(-c4ccc(Cl)cc4)cc3N)n2)cc1. The molecule has 0 fully saturated rings. The highest BCUT2D eigenvalue weighted by molar-refractivity contribution is 7.12. The van der Waals surface area contributed by atoms with Crippen molar-refractivity contribution in [2.24, 2.45) is 0 Å². The van der Waals surface area contributed by atoms with Crippen LogP contribution in [0.5, 0.6) is 0 Å². The Labute approximate surface area is 154 Å². The molecule has 2 N–H and O–H groups in total. The summed E-state index contributed by atoms with van der Waals surface area (Å²) in [5.74, 6) is 0.551. The second-order valence-electron chi connectivity index (χ2n) is 5.75. The number of rotatable bonds is 3. The second kappa shape index (κ2) is 6.35. The molecule has 0 bridgehead atoms. The maximum absolute atomic E-state index is 6.15. The van der Waals surface area contributed by atoms with E-state index < -0.39 is 0 Å². The van der Waals surface area contributed by atoms with Crippen molar-refractivity contribution in [1.29, 1.82) is 0 Å². The van der Waals surface area contributed by atoms with Gasteiger partial charge in [-0.25, -0.2) is 4.98 Å². The molecule has 0 aliphatic rings. The highest BCUT2D eigenvalue weighted by Crippen LogP contribution is 2.28. The molecule has 6 heteroatoms. The number of nitrogen functional groups attached to an aromatic ring is 1. The summed E-state index contributed by atoms with van der Waals surface area (Å²) in [7, 11) is 0. The van der Waals surface area contributed by atoms with E-state index in [2.05, 4.69) is 41.3 Å². The van der Waals surface area contributed by atoms with Crippen molar-refractivity contribution in [2.75, 3.05) is 5.73 Å².